The summed E-state index contributed by atoms with van der Waals surface area (Å²) < 4.78 is 40.0. The molecule has 1 atom stereocenters. The summed E-state index contributed by atoms with van der Waals surface area (Å²) in [4.78, 5) is -0.277. The fourth-order valence-electron chi connectivity index (χ4n) is 1.96. The first-order valence-corrected chi connectivity index (χ1v) is 8.23. The molecule has 1 aromatic rings. The summed E-state index contributed by atoms with van der Waals surface area (Å²) in [5.74, 6) is -0.159. The molecule has 1 aromatic carbocycles. The molecule has 0 N–H and O–H groups in total. The lowest BCUT2D eigenvalue weighted by Gasteiger charge is -2.16. The third-order valence-electron chi connectivity index (χ3n) is 2.98. The molecule has 2 rings (SSSR count). The van der Waals surface area contributed by atoms with Gasteiger partial charge in [0.2, 0.25) is 10.0 Å². The molecule has 1 saturated heterocycles. The van der Waals surface area contributed by atoms with Crippen molar-refractivity contribution in [1.82, 2.24) is 4.31 Å². The molecule has 18 heavy (non-hydrogen) atoms. The van der Waals surface area contributed by atoms with Crippen molar-refractivity contribution in [2.24, 2.45) is 5.92 Å². The quantitative estimate of drug-likeness (QED) is 0.781. The van der Waals surface area contributed by atoms with Gasteiger partial charge in [0, 0.05) is 23.4 Å². The Balaban J connectivity index is 2.31. The van der Waals surface area contributed by atoms with Crippen molar-refractivity contribution in [1.29, 1.82) is 0 Å². The highest BCUT2D eigenvalue weighted by Gasteiger charge is 2.33. The fourth-order valence-corrected chi connectivity index (χ4v) is 4.13. The summed E-state index contributed by atoms with van der Waals surface area (Å²) in [6.07, 6.45) is 0.723. The molecule has 0 radical (unpaired) electrons. The van der Waals surface area contributed by atoms with Gasteiger partial charge in [-0.2, -0.15) is 4.31 Å². The highest BCUT2D eigenvalue weighted by Crippen LogP contribution is 2.27. The van der Waals surface area contributed by atoms with Crippen LogP contribution < -0.4 is 0 Å². The van der Waals surface area contributed by atoms with Crippen LogP contribution in [0.3, 0.4) is 0 Å². The van der Waals surface area contributed by atoms with E-state index < -0.39 is 15.8 Å². The molecular weight excluding hydrogens is 345 g/mol. The van der Waals surface area contributed by atoms with Gasteiger partial charge in [-0.3, -0.25) is 0 Å². The maximum Gasteiger partial charge on any atom is 0.245 e. The van der Waals surface area contributed by atoms with Crippen molar-refractivity contribution in [2.45, 2.75) is 11.3 Å². The smallest absolute Gasteiger partial charge is 0.207 e. The molecule has 1 aliphatic rings. The Morgan fingerprint density at radius 2 is 2.22 bits per heavy atom. The molecular formula is C11H12BrClFNO2S. The zero-order valence-electron chi connectivity index (χ0n) is 9.44. The van der Waals surface area contributed by atoms with Crippen LogP contribution in [0.5, 0.6) is 0 Å². The average Bonchev–Trinajstić information content (AvgIpc) is 2.77. The van der Waals surface area contributed by atoms with E-state index in [2.05, 4.69) is 15.9 Å². The number of halogens is 3. The van der Waals surface area contributed by atoms with Gasteiger partial charge in [-0.15, -0.1) is 11.6 Å². The standard InChI is InChI=1S/C11H12BrClFNO2S/c12-9-1-2-11(10(14)5-9)18(16,17)15-4-3-8(6-13)7-15/h1-2,5,8H,3-4,6-7H2. The van der Waals surface area contributed by atoms with Crippen LogP contribution in [-0.4, -0.2) is 31.7 Å². The zero-order chi connectivity index (χ0) is 13.3. The first-order valence-electron chi connectivity index (χ1n) is 5.46. The topological polar surface area (TPSA) is 37.4 Å². The molecule has 0 spiro atoms. The molecule has 1 unspecified atom stereocenters. The molecule has 0 aromatic heterocycles. The number of nitrogens with zero attached hydrogens (tertiary/aromatic N) is 1. The highest BCUT2D eigenvalue weighted by molar-refractivity contribution is 9.10. The normalized spacial score (nSPS) is 21.4. The van der Waals surface area contributed by atoms with E-state index in [1.54, 1.807) is 0 Å². The molecule has 7 heteroatoms. The summed E-state index contributed by atoms with van der Waals surface area (Å²) in [6, 6.07) is 3.95. The lowest BCUT2D eigenvalue weighted by molar-refractivity contribution is 0.458. The van der Waals surface area contributed by atoms with E-state index in [0.717, 1.165) is 12.5 Å². The molecule has 1 fully saturated rings. The second-order valence-electron chi connectivity index (χ2n) is 4.25. The number of rotatable bonds is 3. The predicted octanol–water partition coefficient (Wildman–Crippen LogP) is 2.84. The SMILES string of the molecule is O=S(=O)(c1ccc(Br)cc1F)N1CCC(CCl)C1. The molecule has 0 saturated carbocycles. The van der Waals surface area contributed by atoms with Gasteiger partial charge in [-0.1, -0.05) is 15.9 Å². The summed E-state index contributed by atoms with van der Waals surface area (Å²) in [6.45, 7) is 0.760. The highest BCUT2D eigenvalue weighted by atomic mass is 79.9. The molecule has 0 aliphatic carbocycles. The van der Waals surface area contributed by atoms with Crippen LogP contribution in [0.1, 0.15) is 6.42 Å². The van der Waals surface area contributed by atoms with Crippen LogP contribution in [-0.2, 0) is 10.0 Å². The van der Waals surface area contributed by atoms with Crippen molar-refractivity contribution in [3.05, 3.63) is 28.5 Å². The second-order valence-corrected chi connectivity index (χ2v) is 7.38. The molecule has 100 valence electrons. The largest absolute Gasteiger partial charge is 0.245 e. The van der Waals surface area contributed by atoms with Gasteiger partial charge < -0.3 is 0 Å². The third-order valence-corrected chi connectivity index (χ3v) is 5.81. The van der Waals surface area contributed by atoms with Crippen molar-refractivity contribution < 1.29 is 12.8 Å². The zero-order valence-corrected chi connectivity index (χ0v) is 12.6. The van der Waals surface area contributed by atoms with E-state index in [-0.39, 0.29) is 10.8 Å². The lowest BCUT2D eigenvalue weighted by atomic mass is 10.2. The summed E-state index contributed by atoms with van der Waals surface area (Å²) in [5, 5.41) is 0. The van der Waals surface area contributed by atoms with Gasteiger partial charge in [-0.05, 0) is 30.5 Å². The summed E-state index contributed by atoms with van der Waals surface area (Å²) in [7, 11) is -3.75. The third kappa shape index (κ3) is 2.71. The van der Waals surface area contributed by atoms with Gasteiger partial charge in [-0.25, -0.2) is 12.8 Å². The van der Waals surface area contributed by atoms with Gasteiger partial charge in [0.05, 0.1) is 0 Å². The lowest BCUT2D eigenvalue weighted by Crippen LogP contribution is -2.29. The average molecular weight is 357 g/mol. The van der Waals surface area contributed by atoms with E-state index >= 15 is 0 Å². The number of benzene rings is 1. The Labute approximate surface area is 119 Å². The Morgan fingerprint density at radius 1 is 1.50 bits per heavy atom. The molecule has 1 aliphatic heterocycles. The van der Waals surface area contributed by atoms with E-state index in [0.29, 0.717) is 23.4 Å². The molecule has 0 bridgehead atoms. The van der Waals surface area contributed by atoms with Crippen LogP contribution in [0.25, 0.3) is 0 Å². The van der Waals surface area contributed by atoms with Gasteiger partial charge in [0.1, 0.15) is 10.7 Å². The fraction of sp³-hybridized carbons (Fsp3) is 0.455. The number of hydrogen-bond donors (Lipinski definition) is 0. The van der Waals surface area contributed by atoms with Crippen LogP contribution in [0, 0.1) is 11.7 Å². The van der Waals surface area contributed by atoms with Crippen molar-refractivity contribution in [3.8, 4) is 0 Å². The van der Waals surface area contributed by atoms with Crippen LogP contribution in [0.15, 0.2) is 27.6 Å². The van der Waals surface area contributed by atoms with Gasteiger partial charge >= 0.3 is 0 Å². The first-order chi connectivity index (χ1) is 8.45. The Morgan fingerprint density at radius 3 is 2.78 bits per heavy atom. The minimum Gasteiger partial charge on any atom is -0.207 e. The summed E-state index contributed by atoms with van der Waals surface area (Å²) >= 11 is 8.82. The van der Waals surface area contributed by atoms with Crippen molar-refractivity contribution >= 4 is 37.6 Å². The van der Waals surface area contributed by atoms with Crippen molar-refractivity contribution in [3.63, 3.8) is 0 Å². The monoisotopic (exact) mass is 355 g/mol. The van der Waals surface area contributed by atoms with Crippen LogP contribution in [0.2, 0.25) is 0 Å². The Kier molecular flexibility index (Phi) is 4.31. The van der Waals surface area contributed by atoms with Gasteiger partial charge in [0.15, 0.2) is 0 Å². The number of hydrogen-bond acceptors (Lipinski definition) is 2. The van der Waals surface area contributed by atoms with E-state index in [9.17, 15) is 12.8 Å². The Hall–Kier alpha value is -0.170. The van der Waals surface area contributed by atoms with E-state index in [4.69, 9.17) is 11.6 Å². The molecule has 0 amide bonds. The minimum atomic E-state index is -3.75. The van der Waals surface area contributed by atoms with Crippen LogP contribution in [0.4, 0.5) is 4.39 Å². The summed E-state index contributed by atoms with van der Waals surface area (Å²) in [5.41, 5.74) is 0. The van der Waals surface area contributed by atoms with Crippen molar-refractivity contribution in [2.75, 3.05) is 19.0 Å². The maximum atomic E-state index is 13.7. The minimum absolute atomic E-state index is 0.153. The van der Waals surface area contributed by atoms with Crippen LogP contribution >= 0.6 is 27.5 Å². The number of sulfonamides is 1. The Bertz CT molecular complexity index is 552. The second kappa shape index (κ2) is 5.45. The van der Waals surface area contributed by atoms with Gasteiger partial charge in [0.25, 0.3) is 0 Å². The number of alkyl halides is 1. The van der Waals surface area contributed by atoms with E-state index in [1.807, 2.05) is 0 Å². The molecule has 3 nitrogen and oxygen atoms in total. The van der Waals surface area contributed by atoms with E-state index in [1.165, 1.54) is 16.4 Å². The molecule has 1 heterocycles. The maximum absolute atomic E-state index is 13.7. The first kappa shape index (κ1) is 14.2. The predicted molar refractivity (Wildman–Crippen MR) is 71.7 cm³/mol.